The highest BCUT2D eigenvalue weighted by atomic mass is 16.3. The van der Waals surface area contributed by atoms with Crippen LogP contribution in [0, 0.1) is 0 Å². The first kappa shape index (κ1) is 10.1. The van der Waals surface area contributed by atoms with E-state index in [9.17, 15) is 10.2 Å². The first-order valence-corrected chi connectivity index (χ1v) is 5.54. The number of hydrogen-bond acceptors (Lipinski definition) is 2. The minimum absolute atomic E-state index is 0.148. The monoisotopic (exact) mass is 224 g/mol. The maximum atomic E-state index is 9.72. The maximum Gasteiger partial charge on any atom is 0.121 e. The molecule has 0 saturated carbocycles. The Bertz CT molecular complexity index is 702. The molecule has 3 aromatic rings. The Labute approximate surface area is 98.7 Å². The quantitative estimate of drug-likeness (QED) is 0.623. The summed E-state index contributed by atoms with van der Waals surface area (Å²) in [4.78, 5) is 0. The lowest BCUT2D eigenvalue weighted by atomic mass is 9.99. The summed E-state index contributed by atoms with van der Waals surface area (Å²) >= 11 is 0. The number of phenols is 1. The zero-order chi connectivity index (χ0) is 11.8. The number of fused-ring (bicyclic) bond motifs is 2. The first-order valence-electron chi connectivity index (χ1n) is 5.54. The Hall–Kier alpha value is -2.06. The van der Waals surface area contributed by atoms with E-state index in [4.69, 9.17) is 0 Å². The van der Waals surface area contributed by atoms with Crippen LogP contribution in [0.15, 0.2) is 48.5 Å². The van der Waals surface area contributed by atoms with Crippen molar-refractivity contribution in [2.45, 2.75) is 6.61 Å². The summed E-state index contributed by atoms with van der Waals surface area (Å²) in [6.45, 7) is -0.151. The molecule has 2 heteroatoms. The van der Waals surface area contributed by atoms with Crippen molar-refractivity contribution < 1.29 is 10.2 Å². The van der Waals surface area contributed by atoms with Crippen molar-refractivity contribution in [1.82, 2.24) is 0 Å². The molecule has 0 amide bonds. The fourth-order valence-electron chi connectivity index (χ4n) is 2.23. The first-order chi connectivity index (χ1) is 8.29. The van der Waals surface area contributed by atoms with Gasteiger partial charge in [0.2, 0.25) is 0 Å². The second kappa shape index (κ2) is 3.75. The van der Waals surface area contributed by atoms with Gasteiger partial charge in [0.25, 0.3) is 0 Å². The number of aliphatic hydroxyl groups is 1. The molecule has 0 unspecified atom stereocenters. The lowest BCUT2D eigenvalue weighted by molar-refractivity contribution is 0.277. The molecule has 0 aliphatic rings. The van der Waals surface area contributed by atoms with Crippen LogP contribution in [0.5, 0.6) is 5.75 Å². The molecule has 2 nitrogen and oxygen atoms in total. The van der Waals surface area contributed by atoms with Gasteiger partial charge >= 0.3 is 0 Å². The number of benzene rings is 3. The lowest BCUT2D eigenvalue weighted by Crippen LogP contribution is -1.87. The van der Waals surface area contributed by atoms with Crippen molar-refractivity contribution in [3.63, 3.8) is 0 Å². The van der Waals surface area contributed by atoms with Crippen LogP contribution in [-0.4, -0.2) is 10.2 Å². The molecule has 0 spiro atoms. The van der Waals surface area contributed by atoms with Crippen LogP contribution >= 0.6 is 0 Å². The van der Waals surface area contributed by atoms with Crippen molar-refractivity contribution in [2.75, 3.05) is 0 Å². The van der Waals surface area contributed by atoms with E-state index in [0.717, 1.165) is 21.5 Å². The molecule has 2 N–H and O–H groups in total. The normalized spacial score (nSPS) is 11.1. The van der Waals surface area contributed by atoms with E-state index < -0.39 is 0 Å². The average molecular weight is 224 g/mol. The topological polar surface area (TPSA) is 40.5 Å². The Morgan fingerprint density at radius 1 is 0.824 bits per heavy atom. The van der Waals surface area contributed by atoms with E-state index in [1.165, 1.54) is 0 Å². The summed E-state index contributed by atoms with van der Waals surface area (Å²) in [5.74, 6) is 0.148. The number of aliphatic hydroxyl groups excluding tert-OH is 1. The average Bonchev–Trinajstić information content (AvgIpc) is 2.36. The van der Waals surface area contributed by atoms with Crippen molar-refractivity contribution in [2.24, 2.45) is 0 Å². The minimum atomic E-state index is -0.151. The Morgan fingerprint density at radius 3 is 2.24 bits per heavy atom. The van der Waals surface area contributed by atoms with Crippen LogP contribution in [0.1, 0.15) is 5.56 Å². The van der Waals surface area contributed by atoms with Gasteiger partial charge in [0.15, 0.2) is 0 Å². The van der Waals surface area contributed by atoms with E-state index in [0.29, 0.717) is 5.56 Å². The lowest BCUT2D eigenvalue weighted by Gasteiger charge is -2.08. The molecule has 17 heavy (non-hydrogen) atoms. The Balaban J connectivity index is 2.47. The third kappa shape index (κ3) is 1.54. The molecule has 0 aliphatic heterocycles. The zero-order valence-corrected chi connectivity index (χ0v) is 9.22. The van der Waals surface area contributed by atoms with E-state index >= 15 is 0 Å². The molecule has 3 aromatic carbocycles. The van der Waals surface area contributed by atoms with Gasteiger partial charge in [0.1, 0.15) is 5.75 Å². The molecule has 0 fully saturated rings. The summed E-state index contributed by atoms with van der Waals surface area (Å²) < 4.78 is 0. The smallest absolute Gasteiger partial charge is 0.121 e. The molecule has 0 radical (unpaired) electrons. The van der Waals surface area contributed by atoms with Crippen molar-refractivity contribution in [3.05, 3.63) is 54.1 Å². The molecule has 0 bridgehead atoms. The summed E-state index contributed by atoms with van der Waals surface area (Å²) in [7, 11) is 0. The van der Waals surface area contributed by atoms with Crippen LogP contribution < -0.4 is 0 Å². The third-order valence-corrected chi connectivity index (χ3v) is 3.13. The number of aromatic hydroxyl groups is 1. The number of hydrogen-bond donors (Lipinski definition) is 2. The van der Waals surface area contributed by atoms with Gasteiger partial charge in [0.05, 0.1) is 6.61 Å². The standard InChI is InChI=1S/C15H12O2/c16-9-14-13-8-11-4-2-1-3-10(11)7-12(13)5-6-15(14)17/h1-8,16-17H,9H2. The van der Waals surface area contributed by atoms with E-state index in [-0.39, 0.29) is 12.4 Å². The second-order valence-corrected chi connectivity index (χ2v) is 4.14. The third-order valence-electron chi connectivity index (χ3n) is 3.13. The highest BCUT2D eigenvalue weighted by molar-refractivity contribution is 6.00. The van der Waals surface area contributed by atoms with E-state index in [2.05, 4.69) is 12.1 Å². The predicted molar refractivity (Wildman–Crippen MR) is 69.0 cm³/mol. The zero-order valence-electron chi connectivity index (χ0n) is 9.22. The van der Waals surface area contributed by atoms with Gasteiger partial charge in [-0.15, -0.1) is 0 Å². The van der Waals surface area contributed by atoms with Crippen LogP contribution in [0.3, 0.4) is 0 Å². The summed E-state index contributed by atoms with van der Waals surface area (Å²) in [6, 6.07) is 15.6. The Morgan fingerprint density at radius 2 is 1.53 bits per heavy atom. The molecule has 3 rings (SSSR count). The van der Waals surface area contributed by atoms with Crippen molar-refractivity contribution >= 4 is 21.5 Å². The van der Waals surface area contributed by atoms with E-state index in [1.54, 1.807) is 6.07 Å². The molecule has 0 heterocycles. The van der Waals surface area contributed by atoms with Crippen LogP contribution in [-0.2, 0) is 6.61 Å². The largest absolute Gasteiger partial charge is 0.508 e. The van der Waals surface area contributed by atoms with Crippen LogP contribution in [0.25, 0.3) is 21.5 Å². The minimum Gasteiger partial charge on any atom is -0.508 e. The summed E-state index contributed by atoms with van der Waals surface area (Å²) in [6.07, 6.45) is 0. The van der Waals surface area contributed by atoms with Gasteiger partial charge < -0.3 is 10.2 Å². The van der Waals surface area contributed by atoms with Gasteiger partial charge in [-0.05, 0) is 39.7 Å². The van der Waals surface area contributed by atoms with Gasteiger partial charge in [0, 0.05) is 5.56 Å². The predicted octanol–water partition coefficient (Wildman–Crippen LogP) is 3.19. The molecule has 84 valence electrons. The van der Waals surface area contributed by atoms with Gasteiger partial charge in [-0.25, -0.2) is 0 Å². The summed E-state index contributed by atoms with van der Waals surface area (Å²) in [5, 5.41) is 23.3. The molecular formula is C15H12O2. The SMILES string of the molecule is OCc1c(O)ccc2cc3ccccc3cc12. The number of rotatable bonds is 1. The highest BCUT2D eigenvalue weighted by Crippen LogP contribution is 2.30. The Kier molecular flexibility index (Phi) is 2.23. The van der Waals surface area contributed by atoms with Crippen molar-refractivity contribution in [3.8, 4) is 5.75 Å². The van der Waals surface area contributed by atoms with Crippen molar-refractivity contribution in [1.29, 1.82) is 0 Å². The molecule has 0 saturated heterocycles. The van der Waals surface area contributed by atoms with Gasteiger partial charge in [-0.1, -0.05) is 30.3 Å². The molecular weight excluding hydrogens is 212 g/mol. The van der Waals surface area contributed by atoms with Crippen LogP contribution in [0.2, 0.25) is 0 Å². The fraction of sp³-hybridized carbons (Fsp3) is 0.0667. The van der Waals surface area contributed by atoms with Gasteiger partial charge in [-0.3, -0.25) is 0 Å². The highest BCUT2D eigenvalue weighted by Gasteiger charge is 2.06. The molecule has 0 atom stereocenters. The van der Waals surface area contributed by atoms with Gasteiger partial charge in [-0.2, -0.15) is 0 Å². The molecule has 0 aromatic heterocycles. The summed E-state index contributed by atoms with van der Waals surface area (Å²) in [5.41, 5.74) is 0.591. The fourth-order valence-corrected chi connectivity index (χ4v) is 2.23. The van der Waals surface area contributed by atoms with E-state index in [1.807, 2.05) is 30.3 Å². The van der Waals surface area contributed by atoms with Crippen LogP contribution in [0.4, 0.5) is 0 Å². The maximum absolute atomic E-state index is 9.72. The second-order valence-electron chi connectivity index (χ2n) is 4.14. The molecule has 0 aliphatic carbocycles.